The van der Waals surface area contributed by atoms with Gasteiger partial charge in [0.1, 0.15) is 0 Å². The SMILES string of the molecule is CC(O)C(NCC(=O)O)(C(C)O)C(C)O. The minimum atomic E-state index is -1.43. The molecule has 15 heavy (non-hydrogen) atoms. The lowest BCUT2D eigenvalue weighted by Gasteiger charge is -2.42. The normalized spacial score (nSPS) is 21.5. The molecule has 0 radical (unpaired) electrons. The van der Waals surface area contributed by atoms with Gasteiger partial charge in [-0.15, -0.1) is 0 Å². The zero-order valence-corrected chi connectivity index (χ0v) is 9.14. The molecule has 0 heterocycles. The molecule has 0 saturated carbocycles. The summed E-state index contributed by atoms with van der Waals surface area (Å²) in [5.74, 6) is -1.12. The Hall–Kier alpha value is -0.690. The van der Waals surface area contributed by atoms with E-state index in [4.69, 9.17) is 5.11 Å². The van der Waals surface area contributed by atoms with Crippen LogP contribution in [0.1, 0.15) is 20.8 Å². The lowest BCUT2D eigenvalue weighted by Crippen LogP contribution is -2.67. The molecule has 6 heteroatoms. The first-order valence-electron chi connectivity index (χ1n) is 4.76. The molecule has 0 aromatic carbocycles. The van der Waals surface area contributed by atoms with E-state index >= 15 is 0 Å². The van der Waals surface area contributed by atoms with Gasteiger partial charge in [-0.3, -0.25) is 10.1 Å². The molecule has 0 spiro atoms. The van der Waals surface area contributed by atoms with E-state index in [0.29, 0.717) is 0 Å². The van der Waals surface area contributed by atoms with Gasteiger partial charge >= 0.3 is 5.97 Å². The van der Waals surface area contributed by atoms with E-state index in [1.165, 1.54) is 20.8 Å². The van der Waals surface area contributed by atoms with E-state index in [1.807, 2.05) is 0 Å². The Bertz CT molecular complexity index is 193. The average molecular weight is 221 g/mol. The summed E-state index contributed by atoms with van der Waals surface area (Å²) in [6.07, 6.45) is -3.26. The van der Waals surface area contributed by atoms with Gasteiger partial charge in [0.25, 0.3) is 0 Å². The summed E-state index contributed by atoms with van der Waals surface area (Å²) in [4.78, 5) is 10.4. The van der Waals surface area contributed by atoms with Crippen LogP contribution >= 0.6 is 0 Å². The largest absolute Gasteiger partial charge is 0.480 e. The molecule has 0 aromatic rings. The van der Waals surface area contributed by atoms with Crippen molar-refractivity contribution in [2.24, 2.45) is 0 Å². The van der Waals surface area contributed by atoms with Gasteiger partial charge in [0.15, 0.2) is 0 Å². The molecule has 0 aliphatic rings. The first kappa shape index (κ1) is 14.3. The molecular formula is C9H19NO5. The first-order valence-corrected chi connectivity index (χ1v) is 4.76. The van der Waals surface area contributed by atoms with Gasteiger partial charge in [-0.1, -0.05) is 0 Å². The first-order chi connectivity index (χ1) is 6.75. The van der Waals surface area contributed by atoms with Gasteiger partial charge in [-0.05, 0) is 20.8 Å². The van der Waals surface area contributed by atoms with Crippen LogP contribution in [0.3, 0.4) is 0 Å². The number of hydrogen-bond acceptors (Lipinski definition) is 5. The second-order valence-electron chi connectivity index (χ2n) is 3.71. The van der Waals surface area contributed by atoms with Crippen LogP contribution in [0.2, 0.25) is 0 Å². The highest BCUT2D eigenvalue weighted by atomic mass is 16.4. The van der Waals surface area contributed by atoms with Crippen LogP contribution in [0.15, 0.2) is 0 Å². The van der Waals surface area contributed by atoms with Crippen molar-refractivity contribution < 1.29 is 25.2 Å². The van der Waals surface area contributed by atoms with Gasteiger partial charge in [-0.2, -0.15) is 0 Å². The molecule has 5 N–H and O–H groups in total. The number of carbonyl (C=O) groups is 1. The Labute approximate surface area is 88.5 Å². The highest BCUT2D eigenvalue weighted by Crippen LogP contribution is 2.20. The van der Waals surface area contributed by atoms with E-state index < -0.39 is 36.4 Å². The van der Waals surface area contributed by atoms with Crippen molar-refractivity contribution in [3.63, 3.8) is 0 Å². The molecule has 0 saturated heterocycles. The Kier molecular flexibility index (Phi) is 5.16. The van der Waals surface area contributed by atoms with Crippen LogP contribution in [0.25, 0.3) is 0 Å². The Morgan fingerprint density at radius 3 is 1.67 bits per heavy atom. The zero-order chi connectivity index (χ0) is 12.2. The van der Waals surface area contributed by atoms with Crippen molar-refractivity contribution in [3.05, 3.63) is 0 Å². The predicted octanol–water partition coefficient (Wildman–Crippen LogP) is -1.46. The summed E-state index contributed by atoms with van der Waals surface area (Å²) in [6.45, 7) is 3.71. The molecule has 3 unspecified atom stereocenters. The third kappa shape index (κ3) is 3.13. The quantitative estimate of drug-likeness (QED) is 0.375. The van der Waals surface area contributed by atoms with E-state index in [1.54, 1.807) is 0 Å². The van der Waals surface area contributed by atoms with Crippen molar-refractivity contribution in [3.8, 4) is 0 Å². The fourth-order valence-electron chi connectivity index (χ4n) is 1.72. The topological polar surface area (TPSA) is 110 Å². The number of aliphatic hydroxyl groups excluding tert-OH is 3. The highest BCUT2D eigenvalue weighted by Gasteiger charge is 2.44. The number of carboxylic acid groups (broad SMARTS) is 1. The molecule has 0 bridgehead atoms. The number of carboxylic acids is 1. The predicted molar refractivity (Wildman–Crippen MR) is 53.4 cm³/mol. The highest BCUT2D eigenvalue weighted by molar-refractivity contribution is 5.69. The second-order valence-corrected chi connectivity index (χ2v) is 3.71. The molecule has 6 nitrogen and oxygen atoms in total. The molecule has 0 aromatic heterocycles. The van der Waals surface area contributed by atoms with Gasteiger partial charge in [-0.25, -0.2) is 0 Å². The van der Waals surface area contributed by atoms with Crippen molar-refractivity contribution in [1.29, 1.82) is 0 Å². The monoisotopic (exact) mass is 221 g/mol. The van der Waals surface area contributed by atoms with Crippen molar-refractivity contribution in [2.75, 3.05) is 6.54 Å². The Morgan fingerprint density at radius 2 is 1.47 bits per heavy atom. The van der Waals surface area contributed by atoms with Crippen molar-refractivity contribution >= 4 is 5.97 Å². The van der Waals surface area contributed by atoms with Crippen LogP contribution in [0.5, 0.6) is 0 Å². The Morgan fingerprint density at radius 1 is 1.13 bits per heavy atom. The molecule has 0 rings (SSSR count). The minimum absolute atomic E-state index is 0.444. The lowest BCUT2D eigenvalue weighted by molar-refractivity contribution is -0.138. The second kappa shape index (κ2) is 5.41. The molecule has 0 amide bonds. The number of nitrogens with one attached hydrogen (secondary N) is 1. The summed E-state index contributed by atoms with van der Waals surface area (Å²) < 4.78 is 0. The molecule has 0 aliphatic heterocycles. The van der Waals surface area contributed by atoms with E-state index in [0.717, 1.165) is 0 Å². The standard InChI is InChI=1S/C9H19NO5/c1-5(11)9(6(2)12,7(3)13)10-4-8(14)15/h5-7,10-13H,4H2,1-3H3,(H,14,15). The van der Waals surface area contributed by atoms with Crippen LogP contribution < -0.4 is 5.32 Å². The summed E-state index contributed by atoms with van der Waals surface area (Å²) in [5.41, 5.74) is -1.43. The molecule has 90 valence electrons. The van der Waals surface area contributed by atoms with Crippen LogP contribution in [-0.2, 0) is 4.79 Å². The van der Waals surface area contributed by atoms with Gasteiger partial charge in [0, 0.05) is 0 Å². The number of aliphatic hydroxyl groups is 3. The van der Waals surface area contributed by atoms with Crippen LogP contribution in [0.4, 0.5) is 0 Å². The van der Waals surface area contributed by atoms with Gasteiger partial charge in [0.2, 0.25) is 0 Å². The van der Waals surface area contributed by atoms with E-state index in [9.17, 15) is 20.1 Å². The minimum Gasteiger partial charge on any atom is -0.480 e. The smallest absolute Gasteiger partial charge is 0.317 e. The van der Waals surface area contributed by atoms with Crippen LogP contribution in [-0.4, -0.2) is 56.8 Å². The number of aliphatic carboxylic acids is 1. The molecule has 3 atom stereocenters. The maximum absolute atomic E-state index is 10.4. The van der Waals surface area contributed by atoms with Crippen molar-refractivity contribution in [2.45, 2.75) is 44.6 Å². The summed E-state index contributed by atoms with van der Waals surface area (Å²) >= 11 is 0. The van der Waals surface area contributed by atoms with Gasteiger partial charge in [0.05, 0.1) is 30.4 Å². The lowest BCUT2D eigenvalue weighted by atomic mass is 9.82. The third-order valence-corrected chi connectivity index (χ3v) is 2.62. The van der Waals surface area contributed by atoms with Crippen molar-refractivity contribution in [1.82, 2.24) is 5.32 Å². The molecular weight excluding hydrogens is 202 g/mol. The van der Waals surface area contributed by atoms with Crippen LogP contribution in [0, 0.1) is 0 Å². The maximum Gasteiger partial charge on any atom is 0.317 e. The number of hydrogen-bond donors (Lipinski definition) is 5. The average Bonchev–Trinajstić information content (AvgIpc) is 2.02. The number of rotatable bonds is 6. The fourth-order valence-corrected chi connectivity index (χ4v) is 1.72. The maximum atomic E-state index is 10.4. The Balaban J connectivity index is 4.88. The summed E-state index contributed by atoms with van der Waals surface area (Å²) in [6, 6.07) is 0. The third-order valence-electron chi connectivity index (χ3n) is 2.62. The van der Waals surface area contributed by atoms with Gasteiger partial charge < -0.3 is 20.4 Å². The molecule has 0 fully saturated rings. The molecule has 0 aliphatic carbocycles. The fraction of sp³-hybridized carbons (Fsp3) is 0.889. The summed E-state index contributed by atoms with van der Waals surface area (Å²) in [7, 11) is 0. The van der Waals surface area contributed by atoms with E-state index in [-0.39, 0.29) is 0 Å². The zero-order valence-electron chi connectivity index (χ0n) is 9.14. The summed E-state index contributed by atoms with van der Waals surface area (Å²) in [5, 5.41) is 39.6. The van der Waals surface area contributed by atoms with E-state index in [2.05, 4.69) is 5.32 Å².